The maximum atomic E-state index is 12.7. The van der Waals surface area contributed by atoms with Crippen LogP contribution in [0.5, 0.6) is 0 Å². The van der Waals surface area contributed by atoms with Gasteiger partial charge in [0.05, 0.1) is 6.61 Å². The molecule has 0 saturated heterocycles. The lowest BCUT2D eigenvalue weighted by Crippen LogP contribution is -2.47. The van der Waals surface area contributed by atoms with Crippen molar-refractivity contribution >= 4 is 18.0 Å². The number of carboxylic acid groups (broad SMARTS) is 1. The van der Waals surface area contributed by atoms with Crippen molar-refractivity contribution in [3.63, 3.8) is 0 Å². The van der Waals surface area contributed by atoms with E-state index in [9.17, 15) is 19.5 Å². The molecule has 0 aromatic heterocycles. The van der Waals surface area contributed by atoms with Crippen molar-refractivity contribution in [2.24, 2.45) is 5.92 Å². The summed E-state index contributed by atoms with van der Waals surface area (Å²) in [5, 5.41) is 14.7. The van der Waals surface area contributed by atoms with Gasteiger partial charge in [-0.2, -0.15) is 0 Å². The highest BCUT2D eigenvalue weighted by Gasteiger charge is 2.32. The van der Waals surface area contributed by atoms with Crippen LogP contribution in [0, 0.1) is 5.92 Å². The molecular weight excluding hydrogens is 448 g/mol. The molecular formula is C27H32N2O6. The zero-order chi connectivity index (χ0) is 24.8. The largest absolute Gasteiger partial charge is 0.480 e. The Morgan fingerprint density at radius 3 is 2.26 bits per heavy atom. The van der Waals surface area contributed by atoms with Gasteiger partial charge in [0.2, 0.25) is 5.91 Å². The van der Waals surface area contributed by atoms with E-state index in [1.807, 2.05) is 24.3 Å². The summed E-state index contributed by atoms with van der Waals surface area (Å²) in [4.78, 5) is 36.5. The molecule has 0 radical (unpaired) electrons. The van der Waals surface area contributed by atoms with Crippen molar-refractivity contribution < 1.29 is 29.0 Å². The number of hydrogen-bond acceptors (Lipinski definition) is 5. The van der Waals surface area contributed by atoms with Crippen molar-refractivity contribution in [3.05, 3.63) is 59.7 Å². The minimum atomic E-state index is -1.14. The molecule has 0 heterocycles. The Morgan fingerprint density at radius 2 is 1.63 bits per heavy atom. The number of rotatable bonds is 9. The number of amides is 2. The average Bonchev–Trinajstić information content (AvgIpc) is 3.17. The first-order valence-corrected chi connectivity index (χ1v) is 12.1. The van der Waals surface area contributed by atoms with Crippen LogP contribution in [-0.2, 0) is 19.1 Å². The van der Waals surface area contributed by atoms with Gasteiger partial charge in [-0.15, -0.1) is 0 Å². The fourth-order valence-electron chi connectivity index (χ4n) is 5.27. The molecule has 2 amide bonds. The Kier molecular flexibility index (Phi) is 8.02. The first-order valence-electron chi connectivity index (χ1n) is 12.1. The summed E-state index contributed by atoms with van der Waals surface area (Å²) >= 11 is 0. The lowest BCUT2D eigenvalue weighted by molar-refractivity contribution is -0.143. The predicted octanol–water partition coefficient (Wildman–Crippen LogP) is 3.69. The molecule has 0 bridgehead atoms. The number of carboxylic acids is 1. The lowest BCUT2D eigenvalue weighted by atomic mass is 9.82. The topological polar surface area (TPSA) is 114 Å². The number of methoxy groups -OCH3 is 1. The number of benzene rings is 2. The maximum absolute atomic E-state index is 12.7. The highest BCUT2D eigenvalue weighted by molar-refractivity contribution is 5.84. The third-order valence-corrected chi connectivity index (χ3v) is 6.97. The van der Waals surface area contributed by atoms with Gasteiger partial charge >= 0.3 is 12.1 Å². The summed E-state index contributed by atoms with van der Waals surface area (Å²) in [5.74, 6) is -1.60. The first-order chi connectivity index (χ1) is 17.0. The molecule has 3 atom stereocenters. The number of carbonyl (C=O) groups is 3. The zero-order valence-corrected chi connectivity index (χ0v) is 19.9. The van der Waals surface area contributed by atoms with Gasteiger partial charge in [-0.3, -0.25) is 4.79 Å². The Labute approximate surface area is 205 Å². The van der Waals surface area contributed by atoms with E-state index in [2.05, 4.69) is 34.9 Å². The van der Waals surface area contributed by atoms with Crippen LogP contribution in [0.2, 0.25) is 0 Å². The van der Waals surface area contributed by atoms with Crippen LogP contribution in [0.1, 0.15) is 49.1 Å². The van der Waals surface area contributed by atoms with Gasteiger partial charge in [0.25, 0.3) is 0 Å². The molecule has 2 aliphatic rings. The van der Waals surface area contributed by atoms with E-state index in [1.165, 1.54) is 18.2 Å². The minimum Gasteiger partial charge on any atom is -0.480 e. The molecule has 2 aromatic rings. The summed E-state index contributed by atoms with van der Waals surface area (Å²) in [5.41, 5.74) is 4.64. The molecule has 2 aromatic carbocycles. The van der Waals surface area contributed by atoms with E-state index in [-0.39, 0.29) is 43.4 Å². The average molecular weight is 481 g/mol. The summed E-state index contributed by atoms with van der Waals surface area (Å²) < 4.78 is 10.6. The van der Waals surface area contributed by atoms with Crippen molar-refractivity contribution in [2.45, 2.75) is 50.1 Å². The van der Waals surface area contributed by atoms with Crippen molar-refractivity contribution in [1.82, 2.24) is 10.6 Å². The Morgan fingerprint density at radius 1 is 1.00 bits per heavy atom. The van der Waals surface area contributed by atoms with Crippen LogP contribution in [0.15, 0.2) is 48.5 Å². The van der Waals surface area contributed by atoms with Crippen LogP contribution >= 0.6 is 0 Å². The normalized spacial score (nSPS) is 19.8. The fraction of sp³-hybridized carbons (Fsp3) is 0.444. The highest BCUT2D eigenvalue weighted by Crippen LogP contribution is 2.44. The second-order valence-electron chi connectivity index (χ2n) is 9.24. The molecule has 8 nitrogen and oxygen atoms in total. The summed E-state index contributed by atoms with van der Waals surface area (Å²) in [6, 6.07) is 15.1. The minimum absolute atomic E-state index is 0.0187. The van der Waals surface area contributed by atoms with Crippen LogP contribution in [0.3, 0.4) is 0 Å². The molecule has 4 rings (SSSR count). The van der Waals surface area contributed by atoms with Crippen molar-refractivity contribution in [2.75, 3.05) is 20.3 Å². The third-order valence-electron chi connectivity index (χ3n) is 6.97. The maximum Gasteiger partial charge on any atom is 0.407 e. The molecule has 2 aliphatic carbocycles. The van der Waals surface area contributed by atoms with E-state index >= 15 is 0 Å². The number of ether oxygens (including phenoxy) is 2. The lowest BCUT2D eigenvalue weighted by Gasteiger charge is -2.32. The molecule has 1 saturated carbocycles. The van der Waals surface area contributed by atoms with Gasteiger partial charge in [0.15, 0.2) is 6.04 Å². The molecule has 35 heavy (non-hydrogen) atoms. The van der Waals surface area contributed by atoms with Gasteiger partial charge in [-0.05, 0) is 41.0 Å². The molecule has 186 valence electrons. The third kappa shape index (κ3) is 5.82. The number of alkyl carbamates (subject to hydrolysis) is 1. The smallest absolute Gasteiger partial charge is 0.407 e. The molecule has 0 aliphatic heterocycles. The number of aliphatic carboxylic acids is 1. The Hall–Kier alpha value is -3.39. The van der Waals surface area contributed by atoms with Crippen molar-refractivity contribution in [3.8, 4) is 11.1 Å². The van der Waals surface area contributed by atoms with Gasteiger partial charge in [0, 0.05) is 25.5 Å². The predicted molar refractivity (Wildman–Crippen MR) is 130 cm³/mol. The zero-order valence-electron chi connectivity index (χ0n) is 19.9. The van der Waals surface area contributed by atoms with Crippen molar-refractivity contribution in [1.29, 1.82) is 0 Å². The van der Waals surface area contributed by atoms with Gasteiger partial charge in [-0.25, -0.2) is 9.59 Å². The first kappa shape index (κ1) is 24.7. The van der Waals surface area contributed by atoms with E-state index < -0.39 is 18.1 Å². The summed E-state index contributed by atoms with van der Waals surface area (Å²) in [6.07, 6.45) is 3.09. The highest BCUT2D eigenvalue weighted by atomic mass is 16.5. The number of hydrogen-bond donors (Lipinski definition) is 3. The van der Waals surface area contributed by atoms with Gasteiger partial charge in [0.1, 0.15) is 6.61 Å². The van der Waals surface area contributed by atoms with Gasteiger partial charge < -0.3 is 25.2 Å². The molecule has 3 N–H and O–H groups in total. The monoisotopic (exact) mass is 480 g/mol. The van der Waals surface area contributed by atoms with Gasteiger partial charge in [-0.1, -0.05) is 61.4 Å². The number of fused-ring (bicyclic) bond motifs is 3. The van der Waals surface area contributed by atoms with Crippen LogP contribution in [0.4, 0.5) is 4.79 Å². The quantitative estimate of drug-likeness (QED) is 0.504. The Balaban J connectivity index is 1.34. The number of carbonyl (C=O) groups excluding carboxylic acids is 2. The Bertz CT molecular complexity index is 1030. The molecule has 8 heteroatoms. The van der Waals surface area contributed by atoms with Crippen LogP contribution < -0.4 is 10.6 Å². The van der Waals surface area contributed by atoms with E-state index in [4.69, 9.17) is 9.47 Å². The van der Waals surface area contributed by atoms with E-state index in [0.29, 0.717) is 0 Å². The fourth-order valence-corrected chi connectivity index (χ4v) is 5.27. The summed E-state index contributed by atoms with van der Waals surface area (Å²) in [7, 11) is 1.39. The van der Waals surface area contributed by atoms with E-state index in [0.717, 1.165) is 36.8 Å². The SMILES string of the molecule is COC[C@H](NC(=O)CC1CCCCC1NC(=O)OCC1c2ccccc2-c2ccccc21)C(=O)O. The second kappa shape index (κ2) is 11.4. The van der Waals surface area contributed by atoms with Crippen LogP contribution in [0.25, 0.3) is 11.1 Å². The number of nitrogens with one attached hydrogen (secondary N) is 2. The van der Waals surface area contributed by atoms with E-state index in [1.54, 1.807) is 0 Å². The summed E-state index contributed by atoms with van der Waals surface area (Å²) in [6.45, 7) is 0.127. The molecule has 2 unspecified atom stereocenters. The standard InChI is InChI=1S/C27H32N2O6/c1-34-16-24(26(31)32)28-25(30)14-17-8-2-7-13-23(17)29-27(33)35-15-22-20-11-5-3-9-18(20)19-10-4-6-12-21(19)22/h3-6,9-12,17,22-24H,2,7-8,13-16H2,1H3,(H,28,30)(H,29,33)(H,31,32)/t17?,23?,24-/m0/s1. The molecule has 1 fully saturated rings. The molecule has 0 spiro atoms. The van der Waals surface area contributed by atoms with Crippen LogP contribution in [-0.4, -0.2) is 55.5 Å². The second-order valence-corrected chi connectivity index (χ2v) is 9.24.